The van der Waals surface area contributed by atoms with Gasteiger partial charge in [-0.2, -0.15) is 0 Å². The minimum Gasteiger partial charge on any atom is -0.441 e. The standard InChI is InChI=1S/C17H20N2O3/c20-14-7-4-10-19(12-14)17(21)9-8-16-18-11-15(22-16)13-5-2-1-3-6-13/h1-3,5-6,11,14,20H,4,7-10,12H2. The van der Waals surface area contributed by atoms with Gasteiger partial charge in [0.05, 0.1) is 12.3 Å². The van der Waals surface area contributed by atoms with Gasteiger partial charge in [-0.1, -0.05) is 30.3 Å². The second kappa shape index (κ2) is 6.75. The van der Waals surface area contributed by atoms with Crippen molar-refractivity contribution in [1.82, 2.24) is 9.88 Å². The molecule has 0 saturated carbocycles. The molecule has 0 radical (unpaired) electrons. The van der Waals surface area contributed by atoms with Gasteiger partial charge in [0.2, 0.25) is 5.91 Å². The molecule has 2 aromatic rings. The Hall–Kier alpha value is -2.14. The Kier molecular flexibility index (Phi) is 4.53. The number of piperidine rings is 1. The molecule has 0 spiro atoms. The van der Waals surface area contributed by atoms with Gasteiger partial charge in [-0.15, -0.1) is 0 Å². The first-order valence-electron chi connectivity index (χ1n) is 7.68. The van der Waals surface area contributed by atoms with Crippen molar-refractivity contribution in [2.75, 3.05) is 13.1 Å². The molecule has 3 rings (SSSR count). The van der Waals surface area contributed by atoms with E-state index in [2.05, 4.69) is 4.98 Å². The number of hydrogen-bond acceptors (Lipinski definition) is 4. The number of amides is 1. The van der Waals surface area contributed by atoms with E-state index in [-0.39, 0.29) is 12.0 Å². The highest BCUT2D eigenvalue weighted by Crippen LogP contribution is 2.20. The van der Waals surface area contributed by atoms with Crippen LogP contribution in [0.1, 0.15) is 25.2 Å². The van der Waals surface area contributed by atoms with Crippen LogP contribution < -0.4 is 0 Å². The van der Waals surface area contributed by atoms with Crippen LogP contribution in [0.3, 0.4) is 0 Å². The third-order valence-corrected chi connectivity index (χ3v) is 3.91. The van der Waals surface area contributed by atoms with Crippen LogP contribution in [0.2, 0.25) is 0 Å². The summed E-state index contributed by atoms with van der Waals surface area (Å²) in [5, 5.41) is 9.62. The third-order valence-electron chi connectivity index (χ3n) is 3.91. The predicted molar refractivity (Wildman–Crippen MR) is 82.1 cm³/mol. The molecule has 1 aliphatic rings. The molecule has 2 heterocycles. The Bertz CT molecular complexity index is 624. The number of hydrogen-bond donors (Lipinski definition) is 1. The molecular weight excluding hydrogens is 280 g/mol. The second-order valence-corrected chi connectivity index (χ2v) is 5.62. The van der Waals surface area contributed by atoms with Gasteiger partial charge in [0.25, 0.3) is 0 Å². The maximum atomic E-state index is 12.1. The molecule has 1 aromatic carbocycles. The Morgan fingerprint density at radius 1 is 1.36 bits per heavy atom. The van der Waals surface area contributed by atoms with Crippen molar-refractivity contribution in [2.24, 2.45) is 0 Å². The lowest BCUT2D eigenvalue weighted by atomic mass is 10.1. The summed E-state index contributed by atoms with van der Waals surface area (Å²) in [5.74, 6) is 1.35. The van der Waals surface area contributed by atoms with Crippen molar-refractivity contribution in [3.8, 4) is 11.3 Å². The minimum absolute atomic E-state index is 0.0539. The summed E-state index contributed by atoms with van der Waals surface area (Å²) in [6.45, 7) is 1.18. The number of carbonyl (C=O) groups is 1. The van der Waals surface area contributed by atoms with Gasteiger partial charge in [0.1, 0.15) is 0 Å². The van der Waals surface area contributed by atoms with Crippen LogP contribution in [0.15, 0.2) is 40.9 Å². The molecule has 1 fully saturated rings. The predicted octanol–water partition coefficient (Wildman–Crippen LogP) is 2.26. The number of benzene rings is 1. The monoisotopic (exact) mass is 300 g/mol. The van der Waals surface area contributed by atoms with Gasteiger partial charge in [0, 0.05) is 31.5 Å². The fourth-order valence-corrected chi connectivity index (χ4v) is 2.71. The molecule has 1 amide bonds. The number of aryl methyl sites for hydroxylation is 1. The molecule has 1 atom stereocenters. The van der Waals surface area contributed by atoms with Crippen LogP contribution in [0.4, 0.5) is 0 Å². The Balaban J connectivity index is 1.56. The molecule has 0 aliphatic carbocycles. The third kappa shape index (κ3) is 3.54. The van der Waals surface area contributed by atoms with E-state index in [1.807, 2.05) is 30.3 Å². The summed E-state index contributed by atoms with van der Waals surface area (Å²) in [5.41, 5.74) is 0.978. The van der Waals surface area contributed by atoms with Crippen molar-refractivity contribution in [3.63, 3.8) is 0 Å². The summed E-state index contributed by atoms with van der Waals surface area (Å²) in [7, 11) is 0. The molecule has 1 aliphatic heterocycles. The van der Waals surface area contributed by atoms with E-state index in [9.17, 15) is 9.90 Å². The maximum Gasteiger partial charge on any atom is 0.223 e. The highest BCUT2D eigenvalue weighted by molar-refractivity contribution is 5.76. The van der Waals surface area contributed by atoms with E-state index in [1.54, 1.807) is 11.1 Å². The average Bonchev–Trinajstić information content (AvgIpc) is 3.02. The second-order valence-electron chi connectivity index (χ2n) is 5.62. The molecular formula is C17H20N2O3. The average molecular weight is 300 g/mol. The van der Waals surface area contributed by atoms with Crippen molar-refractivity contribution >= 4 is 5.91 Å². The Morgan fingerprint density at radius 3 is 2.95 bits per heavy atom. The van der Waals surface area contributed by atoms with Gasteiger partial charge in [-0.3, -0.25) is 4.79 Å². The number of oxazole rings is 1. The van der Waals surface area contributed by atoms with Gasteiger partial charge >= 0.3 is 0 Å². The zero-order valence-electron chi connectivity index (χ0n) is 12.4. The lowest BCUT2D eigenvalue weighted by Crippen LogP contribution is -2.42. The van der Waals surface area contributed by atoms with Crippen molar-refractivity contribution in [3.05, 3.63) is 42.4 Å². The molecule has 5 heteroatoms. The molecule has 1 N–H and O–H groups in total. The number of aliphatic hydroxyl groups excluding tert-OH is 1. The molecule has 5 nitrogen and oxygen atoms in total. The largest absolute Gasteiger partial charge is 0.441 e. The summed E-state index contributed by atoms with van der Waals surface area (Å²) in [6, 6.07) is 9.77. The van der Waals surface area contributed by atoms with Gasteiger partial charge in [0.15, 0.2) is 11.7 Å². The van der Waals surface area contributed by atoms with E-state index in [0.717, 1.165) is 30.7 Å². The van der Waals surface area contributed by atoms with Crippen molar-refractivity contribution < 1.29 is 14.3 Å². The lowest BCUT2D eigenvalue weighted by Gasteiger charge is -2.30. The van der Waals surface area contributed by atoms with E-state index < -0.39 is 0 Å². The number of β-amino-alcohol motifs (C(OH)–C–C–N with tert-alkyl or cyclic N) is 1. The van der Waals surface area contributed by atoms with E-state index >= 15 is 0 Å². The van der Waals surface area contributed by atoms with E-state index in [4.69, 9.17) is 4.42 Å². The Morgan fingerprint density at radius 2 is 2.18 bits per heavy atom. The van der Waals surface area contributed by atoms with E-state index in [1.165, 1.54) is 0 Å². The first-order chi connectivity index (χ1) is 10.7. The van der Waals surface area contributed by atoms with Crippen LogP contribution >= 0.6 is 0 Å². The van der Waals surface area contributed by atoms with Crippen molar-refractivity contribution in [2.45, 2.75) is 31.8 Å². The topological polar surface area (TPSA) is 66.6 Å². The summed E-state index contributed by atoms with van der Waals surface area (Å²) < 4.78 is 5.70. The first kappa shape index (κ1) is 14.8. The Labute approximate surface area is 129 Å². The quantitative estimate of drug-likeness (QED) is 0.940. The van der Waals surface area contributed by atoms with Gasteiger partial charge in [-0.25, -0.2) is 4.98 Å². The molecule has 1 unspecified atom stereocenters. The zero-order chi connectivity index (χ0) is 15.4. The first-order valence-corrected chi connectivity index (χ1v) is 7.68. The number of aliphatic hydroxyl groups is 1. The number of likely N-dealkylation sites (tertiary alicyclic amines) is 1. The highest BCUT2D eigenvalue weighted by atomic mass is 16.4. The highest BCUT2D eigenvalue weighted by Gasteiger charge is 2.22. The van der Waals surface area contributed by atoms with Gasteiger partial charge < -0.3 is 14.4 Å². The van der Waals surface area contributed by atoms with Crippen LogP contribution in [-0.4, -0.2) is 40.1 Å². The van der Waals surface area contributed by atoms with Crippen LogP contribution in [0, 0.1) is 0 Å². The summed E-state index contributed by atoms with van der Waals surface area (Å²) in [6.07, 6.45) is 3.80. The fraction of sp³-hybridized carbons (Fsp3) is 0.412. The SMILES string of the molecule is O=C(CCc1ncc(-c2ccccc2)o1)N1CCCC(O)C1. The maximum absolute atomic E-state index is 12.1. The smallest absolute Gasteiger partial charge is 0.223 e. The molecule has 1 aromatic heterocycles. The number of aromatic nitrogens is 1. The van der Waals surface area contributed by atoms with Crippen LogP contribution in [0.25, 0.3) is 11.3 Å². The van der Waals surface area contributed by atoms with Crippen molar-refractivity contribution in [1.29, 1.82) is 0 Å². The van der Waals surface area contributed by atoms with Crippen LogP contribution in [-0.2, 0) is 11.2 Å². The normalized spacial score (nSPS) is 18.4. The molecule has 0 bridgehead atoms. The van der Waals surface area contributed by atoms with Crippen LogP contribution in [0.5, 0.6) is 0 Å². The number of rotatable bonds is 4. The van der Waals surface area contributed by atoms with Gasteiger partial charge in [-0.05, 0) is 12.8 Å². The molecule has 1 saturated heterocycles. The molecule has 22 heavy (non-hydrogen) atoms. The lowest BCUT2D eigenvalue weighted by molar-refractivity contribution is -0.134. The number of nitrogens with zero attached hydrogens (tertiary/aromatic N) is 2. The summed E-state index contributed by atoms with van der Waals surface area (Å²) >= 11 is 0. The summed E-state index contributed by atoms with van der Waals surface area (Å²) in [4.78, 5) is 18.1. The fourth-order valence-electron chi connectivity index (χ4n) is 2.71. The number of carbonyl (C=O) groups excluding carboxylic acids is 1. The van der Waals surface area contributed by atoms with E-state index in [0.29, 0.717) is 25.3 Å². The minimum atomic E-state index is -0.385. The molecule has 116 valence electrons. The zero-order valence-corrected chi connectivity index (χ0v) is 12.4.